The minimum Gasteiger partial charge on any atom is -0.497 e. The molecule has 0 unspecified atom stereocenters. The molecule has 0 aliphatic heterocycles. The Kier molecular flexibility index (Phi) is 9.03. The summed E-state index contributed by atoms with van der Waals surface area (Å²) in [4.78, 5) is 27.8. The van der Waals surface area contributed by atoms with Crippen LogP contribution in [0.25, 0.3) is 0 Å². The zero-order valence-corrected chi connectivity index (χ0v) is 19.4. The van der Waals surface area contributed by atoms with E-state index < -0.39 is 17.8 Å². The highest BCUT2D eigenvalue weighted by atomic mass is 19.1. The number of halogens is 1. The van der Waals surface area contributed by atoms with E-state index in [4.69, 9.17) is 9.47 Å². The van der Waals surface area contributed by atoms with Gasteiger partial charge in [0, 0.05) is 25.1 Å². The SMILES string of the molecule is CCNC(=O)[C@@H](Cc1ccccc1)N(Cc1ccccc1F)C(=O)COc1ccc(OC)cc1. The molecule has 0 aliphatic rings. The van der Waals surface area contributed by atoms with Crippen molar-refractivity contribution in [3.05, 3.63) is 95.8 Å². The van der Waals surface area contributed by atoms with Gasteiger partial charge in [0.05, 0.1) is 7.11 Å². The summed E-state index contributed by atoms with van der Waals surface area (Å²) < 4.78 is 25.3. The number of methoxy groups -OCH3 is 1. The van der Waals surface area contributed by atoms with Crippen molar-refractivity contribution in [2.75, 3.05) is 20.3 Å². The second kappa shape index (κ2) is 12.4. The van der Waals surface area contributed by atoms with Crippen molar-refractivity contribution >= 4 is 11.8 Å². The van der Waals surface area contributed by atoms with E-state index in [1.54, 1.807) is 49.6 Å². The van der Waals surface area contributed by atoms with Crippen molar-refractivity contribution in [1.82, 2.24) is 10.2 Å². The van der Waals surface area contributed by atoms with Crippen molar-refractivity contribution in [2.45, 2.75) is 25.9 Å². The fraction of sp³-hybridized carbons (Fsp3) is 0.259. The van der Waals surface area contributed by atoms with Gasteiger partial charge in [-0.05, 0) is 42.8 Å². The first-order chi connectivity index (χ1) is 16.5. The summed E-state index contributed by atoms with van der Waals surface area (Å²) in [5.41, 5.74) is 1.21. The second-order valence-corrected chi connectivity index (χ2v) is 7.68. The van der Waals surface area contributed by atoms with Crippen molar-refractivity contribution in [3.8, 4) is 11.5 Å². The van der Waals surface area contributed by atoms with Crippen LogP contribution in [0.3, 0.4) is 0 Å². The maximum absolute atomic E-state index is 14.5. The zero-order chi connectivity index (χ0) is 24.3. The summed E-state index contributed by atoms with van der Waals surface area (Å²) in [6.45, 7) is 1.86. The number of nitrogens with one attached hydrogen (secondary N) is 1. The molecule has 1 N–H and O–H groups in total. The van der Waals surface area contributed by atoms with Crippen LogP contribution in [0.4, 0.5) is 4.39 Å². The van der Waals surface area contributed by atoms with E-state index in [-0.39, 0.29) is 25.5 Å². The average molecular weight is 465 g/mol. The molecular weight excluding hydrogens is 435 g/mol. The lowest BCUT2D eigenvalue weighted by Crippen LogP contribution is -2.51. The van der Waals surface area contributed by atoms with Gasteiger partial charge in [-0.1, -0.05) is 48.5 Å². The number of rotatable bonds is 11. The van der Waals surface area contributed by atoms with Crippen molar-refractivity contribution < 1.29 is 23.5 Å². The largest absolute Gasteiger partial charge is 0.497 e. The first-order valence-corrected chi connectivity index (χ1v) is 11.1. The Morgan fingerprint density at radius 3 is 2.24 bits per heavy atom. The predicted octanol–water partition coefficient (Wildman–Crippen LogP) is 3.99. The molecule has 0 spiro atoms. The van der Waals surface area contributed by atoms with Gasteiger partial charge in [-0.25, -0.2) is 4.39 Å². The molecule has 0 aliphatic carbocycles. The molecule has 0 aromatic heterocycles. The average Bonchev–Trinajstić information content (AvgIpc) is 2.86. The monoisotopic (exact) mass is 464 g/mol. The molecule has 7 heteroatoms. The minimum absolute atomic E-state index is 0.0634. The molecule has 0 bridgehead atoms. The topological polar surface area (TPSA) is 67.9 Å². The van der Waals surface area contributed by atoms with Crippen LogP contribution in [0.2, 0.25) is 0 Å². The lowest BCUT2D eigenvalue weighted by atomic mass is 10.0. The summed E-state index contributed by atoms with van der Waals surface area (Å²) >= 11 is 0. The van der Waals surface area contributed by atoms with Crippen LogP contribution in [0, 0.1) is 5.82 Å². The normalized spacial score (nSPS) is 11.4. The van der Waals surface area contributed by atoms with E-state index in [0.29, 0.717) is 23.6 Å². The molecule has 34 heavy (non-hydrogen) atoms. The van der Waals surface area contributed by atoms with Gasteiger partial charge in [-0.2, -0.15) is 0 Å². The maximum atomic E-state index is 14.5. The second-order valence-electron chi connectivity index (χ2n) is 7.68. The van der Waals surface area contributed by atoms with Crippen molar-refractivity contribution in [1.29, 1.82) is 0 Å². The van der Waals surface area contributed by atoms with Crippen LogP contribution < -0.4 is 14.8 Å². The molecule has 6 nitrogen and oxygen atoms in total. The Morgan fingerprint density at radius 1 is 0.941 bits per heavy atom. The fourth-order valence-electron chi connectivity index (χ4n) is 3.56. The van der Waals surface area contributed by atoms with Gasteiger partial charge in [0.25, 0.3) is 5.91 Å². The number of amides is 2. The molecule has 1 atom stereocenters. The van der Waals surface area contributed by atoms with Crippen molar-refractivity contribution in [2.24, 2.45) is 0 Å². The molecule has 3 aromatic carbocycles. The van der Waals surface area contributed by atoms with Gasteiger partial charge >= 0.3 is 0 Å². The number of ether oxygens (including phenoxy) is 2. The standard InChI is InChI=1S/C27H29FN2O4/c1-3-29-27(32)25(17-20-9-5-4-6-10-20)30(18-21-11-7-8-12-24(21)28)26(31)19-34-23-15-13-22(33-2)14-16-23/h4-16,25H,3,17-19H2,1-2H3,(H,29,32)/t25-/m1/s1. The van der Waals surface area contributed by atoms with Crippen LogP contribution in [-0.2, 0) is 22.6 Å². The van der Waals surface area contributed by atoms with Gasteiger partial charge in [-0.3, -0.25) is 9.59 Å². The van der Waals surface area contributed by atoms with Gasteiger partial charge in [-0.15, -0.1) is 0 Å². The lowest BCUT2D eigenvalue weighted by molar-refractivity contribution is -0.142. The van der Waals surface area contributed by atoms with Gasteiger partial charge < -0.3 is 19.7 Å². The minimum atomic E-state index is -0.839. The lowest BCUT2D eigenvalue weighted by Gasteiger charge is -2.31. The van der Waals surface area contributed by atoms with E-state index in [1.165, 1.54) is 11.0 Å². The molecular formula is C27H29FN2O4. The number of carbonyl (C=O) groups excluding carboxylic acids is 2. The number of hydrogen-bond acceptors (Lipinski definition) is 4. The Hall–Kier alpha value is -3.87. The third-order valence-corrected chi connectivity index (χ3v) is 5.34. The fourth-order valence-corrected chi connectivity index (χ4v) is 3.56. The van der Waals surface area contributed by atoms with Crippen LogP contribution in [0.5, 0.6) is 11.5 Å². The van der Waals surface area contributed by atoms with E-state index in [0.717, 1.165) is 5.56 Å². The summed E-state index contributed by atoms with van der Waals surface area (Å²) in [5, 5.41) is 2.81. The molecule has 0 fully saturated rings. The van der Waals surface area contributed by atoms with Gasteiger partial charge in [0.2, 0.25) is 5.91 Å². The van der Waals surface area contributed by atoms with E-state index in [9.17, 15) is 14.0 Å². The first-order valence-electron chi connectivity index (χ1n) is 11.1. The number of hydrogen-bond donors (Lipinski definition) is 1. The molecule has 0 saturated carbocycles. The van der Waals surface area contributed by atoms with Crippen LogP contribution in [0.1, 0.15) is 18.1 Å². The number of likely N-dealkylation sites (N-methyl/N-ethyl adjacent to an activating group) is 1. The summed E-state index contributed by atoms with van der Waals surface area (Å²) in [6, 6.07) is 21.7. The highest BCUT2D eigenvalue weighted by Crippen LogP contribution is 2.19. The molecule has 2 amide bonds. The third-order valence-electron chi connectivity index (χ3n) is 5.34. The zero-order valence-electron chi connectivity index (χ0n) is 19.4. The van der Waals surface area contributed by atoms with Gasteiger partial charge in [0.15, 0.2) is 6.61 Å². The summed E-state index contributed by atoms with van der Waals surface area (Å²) in [5.74, 6) is -0.0193. The Bertz CT molecular complexity index is 1070. The quantitative estimate of drug-likeness (QED) is 0.466. The predicted molar refractivity (Wildman–Crippen MR) is 128 cm³/mol. The number of benzene rings is 3. The molecule has 178 valence electrons. The molecule has 0 saturated heterocycles. The van der Waals surface area contributed by atoms with Crippen LogP contribution >= 0.6 is 0 Å². The van der Waals surface area contributed by atoms with E-state index in [1.807, 2.05) is 37.3 Å². The maximum Gasteiger partial charge on any atom is 0.261 e. The summed E-state index contributed by atoms with van der Waals surface area (Å²) in [7, 11) is 1.56. The molecule has 0 heterocycles. The van der Waals surface area contributed by atoms with Crippen molar-refractivity contribution in [3.63, 3.8) is 0 Å². The Balaban J connectivity index is 1.87. The Labute approximate surface area is 199 Å². The third kappa shape index (κ3) is 6.81. The first kappa shape index (κ1) is 24.8. The number of carbonyl (C=O) groups is 2. The number of nitrogens with zero attached hydrogens (tertiary/aromatic N) is 1. The Morgan fingerprint density at radius 2 is 1.59 bits per heavy atom. The highest BCUT2D eigenvalue weighted by molar-refractivity contribution is 5.88. The summed E-state index contributed by atoms with van der Waals surface area (Å²) in [6.07, 6.45) is 0.287. The van der Waals surface area contributed by atoms with E-state index in [2.05, 4.69) is 5.32 Å². The van der Waals surface area contributed by atoms with Crippen LogP contribution in [0.15, 0.2) is 78.9 Å². The highest BCUT2D eigenvalue weighted by Gasteiger charge is 2.31. The molecule has 3 rings (SSSR count). The van der Waals surface area contributed by atoms with E-state index >= 15 is 0 Å². The van der Waals surface area contributed by atoms with Gasteiger partial charge in [0.1, 0.15) is 23.4 Å². The molecule has 0 radical (unpaired) electrons. The molecule has 3 aromatic rings. The smallest absolute Gasteiger partial charge is 0.261 e. The van der Waals surface area contributed by atoms with Crippen LogP contribution in [-0.4, -0.2) is 43.0 Å².